The molecule has 0 atom stereocenters. The van der Waals surface area contributed by atoms with Gasteiger partial charge in [0.2, 0.25) is 0 Å². The standard InChI is InChI=1S/C16H24N2O3/c1-10(2)8-18-15(19)9-21-14-6-5-12(7-13(14)17)16(20)11(3)4/h5-7,10-11H,8-9,17H2,1-4H3,(H,18,19). The normalized spacial score (nSPS) is 10.8. The molecule has 0 fully saturated rings. The van der Waals surface area contributed by atoms with E-state index in [2.05, 4.69) is 5.32 Å². The summed E-state index contributed by atoms with van der Waals surface area (Å²) in [5, 5.41) is 2.76. The number of nitrogens with two attached hydrogens (primary N) is 1. The summed E-state index contributed by atoms with van der Waals surface area (Å²) in [6.45, 7) is 8.23. The number of nitrogen functional groups attached to an aromatic ring is 1. The van der Waals surface area contributed by atoms with Gasteiger partial charge in [-0.05, 0) is 24.1 Å². The summed E-state index contributed by atoms with van der Waals surface area (Å²) in [4.78, 5) is 23.4. The maximum Gasteiger partial charge on any atom is 0.257 e. The zero-order chi connectivity index (χ0) is 16.0. The van der Waals surface area contributed by atoms with E-state index in [4.69, 9.17) is 10.5 Å². The van der Waals surface area contributed by atoms with Crippen LogP contribution in [0.3, 0.4) is 0 Å². The molecule has 5 heteroatoms. The molecule has 5 nitrogen and oxygen atoms in total. The van der Waals surface area contributed by atoms with Gasteiger partial charge in [0.15, 0.2) is 12.4 Å². The third-order valence-electron chi connectivity index (χ3n) is 2.88. The molecule has 0 heterocycles. The Morgan fingerprint density at radius 2 is 1.90 bits per heavy atom. The lowest BCUT2D eigenvalue weighted by molar-refractivity contribution is -0.123. The summed E-state index contributed by atoms with van der Waals surface area (Å²) in [5.41, 5.74) is 6.77. The summed E-state index contributed by atoms with van der Waals surface area (Å²) in [7, 11) is 0. The van der Waals surface area contributed by atoms with Crippen LogP contribution in [0.5, 0.6) is 5.75 Å². The van der Waals surface area contributed by atoms with Crippen LogP contribution in [0.2, 0.25) is 0 Å². The fourth-order valence-corrected chi connectivity index (χ4v) is 1.68. The summed E-state index contributed by atoms with van der Waals surface area (Å²) in [6.07, 6.45) is 0. The highest BCUT2D eigenvalue weighted by atomic mass is 16.5. The number of ether oxygens (including phenoxy) is 1. The SMILES string of the molecule is CC(C)CNC(=O)COc1ccc(C(=O)C(C)C)cc1N. The van der Waals surface area contributed by atoms with Gasteiger partial charge in [0.25, 0.3) is 5.91 Å². The first-order valence-corrected chi connectivity index (χ1v) is 7.14. The number of nitrogens with one attached hydrogen (secondary N) is 1. The lowest BCUT2D eigenvalue weighted by Crippen LogP contribution is -2.31. The number of hydrogen-bond donors (Lipinski definition) is 2. The van der Waals surface area contributed by atoms with E-state index in [-0.39, 0.29) is 24.2 Å². The van der Waals surface area contributed by atoms with Crippen LogP contribution in [0.1, 0.15) is 38.1 Å². The number of ketones is 1. The van der Waals surface area contributed by atoms with Crippen LogP contribution >= 0.6 is 0 Å². The molecule has 0 bridgehead atoms. The smallest absolute Gasteiger partial charge is 0.257 e. The molecule has 0 aliphatic heterocycles. The van der Waals surface area contributed by atoms with E-state index in [9.17, 15) is 9.59 Å². The van der Waals surface area contributed by atoms with E-state index in [1.54, 1.807) is 18.2 Å². The third-order valence-corrected chi connectivity index (χ3v) is 2.88. The van der Waals surface area contributed by atoms with Crippen LogP contribution in [-0.2, 0) is 4.79 Å². The molecule has 0 aromatic heterocycles. The van der Waals surface area contributed by atoms with Gasteiger partial charge in [0, 0.05) is 18.0 Å². The van der Waals surface area contributed by atoms with Crippen LogP contribution < -0.4 is 15.8 Å². The topological polar surface area (TPSA) is 81.4 Å². The van der Waals surface area contributed by atoms with Crippen molar-refractivity contribution in [1.29, 1.82) is 0 Å². The Bertz CT molecular complexity index is 510. The van der Waals surface area contributed by atoms with Crippen molar-refractivity contribution in [2.75, 3.05) is 18.9 Å². The Hall–Kier alpha value is -2.04. The summed E-state index contributed by atoms with van der Waals surface area (Å²) < 4.78 is 5.38. The molecular weight excluding hydrogens is 268 g/mol. The maximum absolute atomic E-state index is 11.9. The molecular formula is C16H24N2O3. The Labute approximate surface area is 125 Å². The molecule has 0 unspecified atom stereocenters. The van der Waals surface area contributed by atoms with Crippen molar-refractivity contribution in [3.63, 3.8) is 0 Å². The second-order valence-electron chi connectivity index (χ2n) is 5.76. The monoisotopic (exact) mass is 292 g/mol. The maximum atomic E-state index is 11.9. The van der Waals surface area contributed by atoms with Crippen LogP contribution in [0.15, 0.2) is 18.2 Å². The van der Waals surface area contributed by atoms with Crippen molar-refractivity contribution in [1.82, 2.24) is 5.32 Å². The van der Waals surface area contributed by atoms with Crippen LogP contribution in [0.25, 0.3) is 0 Å². The van der Waals surface area contributed by atoms with Crippen LogP contribution in [0.4, 0.5) is 5.69 Å². The lowest BCUT2D eigenvalue weighted by atomic mass is 10.0. The minimum atomic E-state index is -0.189. The van der Waals surface area contributed by atoms with Crippen molar-refractivity contribution < 1.29 is 14.3 Å². The predicted molar refractivity (Wildman–Crippen MR) is 83.4 cm³/mol. The van der Waals surface area contributed by atoms with E-state index in [0.29, 0.717) is 29.5 Å². The molecule has 0 saturated carbocycles. The molecule has 1 amide bonds. The summed E-state index contributed by atoms with van der Waals surface area (Å²) >= 11 is 0. The van der Waals surface area contributed by atoms with Gasteiger partial charge in [0.05, 0.1) is 5.69 Å². The second kappa shape index (κ2) is 7.67. The first kappa shape index (κ1) is 17.0. The van der Waals surface area contributed by atoms with Crippen molar-refractivity contribution in [3.05, 3.63) is 23.8 Å². The molecule has 1 aromatic carbocycles. The molecule has 0 radical (unpaired) electrons. The van der Waals surface area contributed by atoms with Crippen molar-refractivity contribution in [2.24, 2.45) is 11.8 Å². The number of rotatable bonds is 7. The molecule has 1 rings (SSSR count). The third kappa shape index (κ3) is 5.45. The van der Waals surface area contributed by atoms with E-state index in [1.807, 2.05) is 27.7 Å². The Morgan fingerprint density at radius 3 is 2.43 bits per heavy atom. The zero-order valence-corrected chi connectivity index (χ0v) is 13.1. The molecule has 0 aliphatic carbocycles. The van der Waals surface area contributed by atoms with Gasteiger partial charge < -0.3 is 15.8 Å². The molecule has 116 valence electrons. The minimum absolute atomic E-state index is 0.0305. The first-order valence-electron chi connectivity index (χ1n) is 7.14. The van der Waals surface area contributed by atoms with E-state index >= 15 is 0 Å². The molecule has 0 saturated heterocycles. The Balaban J connectivity index is 2.61. The van der Waals surface area contributed by atoms with Gasteiger partial charge in [-0.15, -0.1) is 0 Å². The average Bonchev–Trinajstić information content (AvgIpc) is 2.42. The number of carbonyl (C=O) groups excluding carboxylic acids is 2. The van der Waals surface area contributed by atoms with Gasteiger partial charge in [-0.25, -0.2) is 0 Å². The highest BCUT2D eigenvalue weighted by molar-refractivity contribution is 5.98. The number of Topliss-reactive ketones (excluding diaryl/α,β-unsaturated/α-hetero) is 1. The van der Waals surface area contributed by atoms with E-state index < -0.39 is 0 Å². The minimum Gasteiger partial charge on any atom is -0.482 e. The highest BCUT2D eigenvalue weighted by Crippen LogP contribution is 2.23. The van der Waals surface area contributed by atoms with Crippen LogP contribution in [0, 0.1) is 11.8 Å². The largest absolute Gasteiger partial charge is 0.482 e. The number of amides is 1. The van der Waals surface area contributed by atoms with Gasteiger partial charge in [-0.1, -0.05) is 27.7 Å². The van der Waals surface area contributed by atoms with Crippen LogP contribution in [-0.4, -0.2) is 24.8 Å². The fourth-order valence-electron chi connectivity index (χ4n) is 1.68. The quantitative estimate of drug-likeness (QED) is 0.596. The Morgan fingerprint density at radius 1 is 1.24 bits per heavy atom. The van der Waals surface area contributed by atoms with Gasteiger partial charge >= 0.3 is 0 Å². The van der Waals surface area contributed by atoms with Crippen molar-refractivity contribution >= 4 is 17.4 Å². The van der Waals surface area contributed by atoms with E-state index in [0.717, 1.165) is 0 Å². The lowest BCUT2D eigenvalue weighted by Gasteiger charge is -2.12. The second-order valence-corrected chi connectivity index (χ2v) is 5.76. The summed E-state index contributed by atoms with van der Waals surface area (Å²) in [5.74, 6) is 0.557. The number of anilines is 1. The van der Waals surface area contributed by atoms with Crippen molar-refractivity contribution in [3.8, 4) is 5.75 Å². The molecule has 0 aliphatic rings. The highest BCUT2D eigenvalue weighted by Gasteiger charge is 2.13. The number of carbonyl (C=O) groups is 2. The zero-order valence-electron chi connectivity index (χ0n) is 13.1. The summed E-state index contributed by atoms with van der Waals surface area (Å²) in [6, 6.07) is 4.88. The van der Waals surface area contributed by atoms with Crippen molar-refractivity contribution in [2.45, 2.75) is 27.7 Å². The molecule has 21 heavy (non-hydrogen) atoms. The number of benzene rings is 1. The fraction of sp³-hybridized carbons (Fsp3) is 0.500. The molecule has 0 spiro atoms. The number of hydrogen-bond acceptors (Lipinski definition) is 4. The predicted octanol–water partition coefficient (Wildman–Crippen LogP) is 2.26. The molecule has 1 aromatic rings. The van der Waals surface area contributed by atoms with E-state index in [1.165, 1.54) is 0 Å². The van der Waals surface area contributed by atoms with Gasteiger partial charge in [0.1, 0.15) is 5.75 Å². The average molecular weight is 292 g/mol. The van der Waals surface area contributed by atoms with Gasteiger partial charge in [-0.2, -0.15) is 0 Å². The first-order chi connectivity index (χ1) is 9.81. The Kier molecular flexibility index (Phi) is 6.21. The molecule has 3 N–H and O–H groups in total. The van der Waals surface area contributed by atoms with Gasteiger partial charge in [-0.3, -0.25) is 9.59 Å².